The Kier molecular flexibility index (Phi) is 5.65. The molecular formula is C23H21FN2O4S. The van der Waals surface area contributed by atoms with Crippen LogP contribution >= 0.6 is 0 Å². The maximum Gasteiger partial charge on any atom is 0.279 e. The molecule has 0 amide bonds. The SMILES string of the molecule is COc1cc(OC)cc(C2=NN(S(=O)(=O)c3ccccc3)[C@@H](c3ccc(F)cc3)C2)c1. The number of sulfonamides is 1. The van der Waals surface area contributed by atoms with Gasteiger partial charge in [0.15, 0.2) is 0 Å². The Balaban J connectivity index is 1.82. The van der Waals surface area contributed by atoms with E-state index in [0.29, 0.717) is 34.8 Å². The van der Waals surface area contributed by atoms with Crippen LogP contribution in [0.4, 0.5) is 4.39 Å². The number of hydrogen-bond donors (Lipinski definition) is 0. The van der Waals surface area contributed by atoms with E-state index in [2.05, 4.69) is 5.10 Å². The van der Waals surface area contributed by atoms with Crippen molar-refractivity contribution in [2.45, 2.75) is 17.4 Å². The summed E-state index contributed by atoms with van der Waals surface area (Å²) >= 11 is 0. The first-order valence-electron chi connectivity index (χ1n) is 9.58. The molecule has 8 heteroatoms. The molecular weight excluding hydrogens is 419 g/mol. The van der Waals surface area contributed by atoms with Crippen LogP contribution in [0.15, 0.2) is 82.8 Å². The Morgan fingerprint density at radius 1 is 0.935 bits per heavy atom. The van der Waals surface area contributed by atoms with Gasteiger partial charge in [-0.3, -0.25) is 0 Å². The van der Waals surface area contributed by atoms with Crippen molar-refractivity contribution in [2.75, 3.05) is 14.2 Å². The minimum absolute atomic E-state index is 0.135. The van der Waals surface area contributed by atoms with Crippen LogP contribution in [-0.2, 0) is 10.0 Å². The zero-order valence-corrected chi connectivity index (χ0v) is 17.8. The largest absolute Gasteiger partial charge is 0.497 e. The summed E-state index contributed by atoms with van der Waals surface area (Å²) < 4.78 is 52.1. The first-order valence-corrected chi connectivity index (χ1v) is 11.0. The highest BCUT2D eigenvalue weighted by atomic mass is 32.2. The maximum absolute atomic E-state index is 13.5. The number of rotatable bonds is 6. The minimum atomic E-state index is -3.93. The highest BCUT2D eigenvalue weighted by Crippen LogP contribution is 2.38. The fourth-order valence-corrected chi connectivity index (χ4v) is 4.95. The van der Waals surface area contributed by atoms with E-state index in [9.17, 15) is 12.8 Å². The molecule has 31 heavy (non-hydrogen) atoms. The van der Waals surface area contributed by atoms with Gasteiger partial charge >= 0.3 is 0 Å². The topological polar surface area (TPSA) is 68.2 Å². The van der Waals surface area contributed by atoms with Crippen LogP contribution in [0.25, 0.3) is 0 Å². The average Bonchev–Trinajstić information content (AvgIpc) is 3.26. The molecule has 0 saturated heterocycles. The molecule has 0 aliphatic carbocycles. The van der Waals surface area contributed by atoms with E-state index in [0.717, 1.165) is 4.41 Å². The van der Waals surface area contributed by atoms with Crippen LogP contribution in [0.2, 0.25) is 0 Å². The number of hydrazone groups is 1. The Hall–Kier alpha value is -3.39. The first-order chi connectivity index (χ1) is 14.9. The van der Waals surface area contributed by atoms with E-state index in [4.69, 9.17) is 9.47 Å². The van der Waals surface area contributed by atoms with Gasteiger partial charge in [-0.1, -0.05) is 30.3 Å². The Bertz CT molecular complexity index is 1190. The van der Waals surface area contributed by atoms with Gasteiger partial charge in [0.05, 0.1) is 30.9 Å². The molecule has 3 aromatic carbocycles. The van der Waals surface area contributed by atoms with E-state index < -0.39 is 21.9 Å². The molecule has 0 saturated carbocycles. The van der Waals surface area contributed by atoms with Crippen LogP contribution in [0.5, 0.6) is 11.5 Å². The molecule has 6 nitrogen and oxygen atoms in total. The van der Waals surface area contributed by atoms with Crippen LogP contribution in [0.1, 0.15) is 23.6 Å². The summed E-state index contributed by atoms with van der Waals surface area (Å²) in [5, 5.41) is 4.49. The molecule has 0 fully saturated rings. The number of benzene rings is 3. The molecule has 0 aromatic heterocycles. The van der Waals surface area contributed by atoms with Gasteiger partial charge in [0.25, 0.3) is 10.0 Å². The fourth-order valence-electron chi connectivity index (χ4n) is 3.49. The second-order valence-electron chi connectivity index (χ2n) is 7.01. The molecule has 0 N–H and O–H groups in total. The predicted octanol–water partition coefficient (Wildman–Crippen LogP) is 4.38. The van der Waals surface area contributed by atoms with E-state index in [1.165, 1.54) is 24.3 Å². The van der Waals surface area contributed by atoms with Gasteiger partial charge in [-0.2, -0.15) is 17.9 Å². The molecule has 0 spiro atoms. The van der Waals surface area contributed by atoms with E-state index in [-0.39, 0.29) is 4.90 Å². The molecule has 1 aliphatic rings. The molecule has 0 bridgehead atoms. The summed E-state index contributed by atoms with van der Waals surface area (Å²) in [4.78, 5) is 0.135. The molecule has 3 aromatic rings. The van der Waals surface area contributed by atoms with Crippen molar-refractivity contribution < 1.29 is 22.3 Å². The van der Waals surface area contributed by atoms with Gasteiger partial charge in [-0.05, 0) is 42.0 Å². The Labute approximate surface area is 180 Å². The minimum Gasteiger partial charge on any atom is -0.497 e. The smallest absolute Gasteiger partial charge is 0.279 e. The van der Waals surface area contributed by atoms with Gasteiger partial charge in [-0.25, -0.2) is 4.39 Å². The second kappa shape index (κ2) is 8.39. The molecule has 1 heterocycles. The zero-order chi connectivity index (χ0) is 22.0. The molecule has 0 unspecified atom stereocenters. The summed E-state index contributed by atoms with van der Waals surface area (Å²) in [6, 6.07) is 18.6. The summed E-state index contributed by atoms with van der Waals surface area (Å²) in [5.41, 5.74) is 1.90. The second-order valence-corrected chi connectivity index (χ2v) is 8.81. The highest BCUT2D eigenvalue weighted by Gasteiger charge is 2.37. The summed E-state index contributed by atoms with van der Waals surface area (Å²) in [6.45, 7) is 0. The fraction of sp³-hybridized carbons (Fsp3) is 0.174. The normalized spacial score (nSPS) is 16.2. The van der Waals surface area contributed by atoms with Crippen LogP contribution < -0.4 is 9.47 Å². The Morgan fingerprint density at radius 3 is 2.13 bits per heavy atom. The summed E-state index contributed by atoms with van der Waals surface area (Å²) in [7, 11) is -0.841. The molecule has 4 rings (SSSR count). The zero-order valence-electron chi connectivity index (χ0n) is 17.0. The van der Waals surface area contributed by atoms with Crippen LogP contribution in [0.3, 0.4) is 0 Å². The van der Waals surface area contributed by atoms with Gasteiger partial charge < -0.3 is 9.47 Å². The third-order valence-corrected chi connectivity index (χ3v) is 6.80. The van der Waals surface area contributed by atoms with Crippen molar-refractivity contribution in [1.82, 2.24) is 4.41 Å². The van der Waals surface area contributed by atoms with Crippen molar-refractivity contribution in [3.63, 3.8) is 0 Å². The van der Waals surface area contributed by atoms with Gasteiger partial charge in [0, 0.05) is 18.1 Å². The van der Waals surface area contributed by atoms with Crippen molar-refractivity contribution in [3.05, 3.63) is 89.7 Å². The monoisotopic (exact) mass is 440 g/mol. The van der Waals surface area contributed by atoms with Crippen molar-refractivity contribution in [3.8, 4) is 11.5 Å². The standard InChI is InChI=1S/C23H21FN2O4S/c1-29-19-12-17(13-20(14-19)30-2)22-15-23(16-8-10-18(24)11-9-16)26(25-22)31(27,28)21-6-4-3-5-7-21/h3-14,23H,15H2,1-2H3/t23-/m1/s1. The van der Waals surface area contributed by atoms with Gasteiger partial charge in [0.1, 0.15) is 17.3 Å². The van der Waals surface area contributed by atoms with E-state index in [1.54, 1.807) is 62.8 Å². The van der Waals surface area contributed by atoms with E-state index in [1.807, 2.05) is 0 Å². The van der Waals surface area contributed by atoms with Gasteiger partial charge in [-0.15, -0.1) is 0 Å². The highest BCUT2D eigenvalue weighted by molar-refractivity contribution is 7.89. The number of ether oxygens (including phenoxy) is 2. The molecule has 1 aliphatic heterocycles. The number of hydrogen-bond acceptors (Lipinski definition) is 5. The van der Waals surface area contributed by atoms with Crippen LogP contribution in [-0.4, -0.2) is 32.8 Å². The third kappa shape index (κ3) is 4.11. The average molecular weight is 440 g/mol. The lowest BCUT2D eigenvalue weighted by atomic mass is 9.99. The molecule has 160 valence electrons. The quantitative estimate of drug-likeness (QED) is 0.570. The lowest BCUT2D eigenvalue weighted by molar-refractivity contribution is 0.371. The number of nitrogens with zero attached hydrogens (tertiary/aromatic N) is 2. The lowest BCUT2D eigenvalue weighted by Gasteiger charge is -2.23. The predicted molar refractivity (Wildman–Crippen MR) is 115 cm³/mol. The first kappa shape index (κ1) is 20.9. The summed E-state index contributed by atoms with van der Waals surface area (Å²) in [5.74, 6) is 0.748. The van der Waals surface area contributed by atoms with Crippen molar-refractivity contribution >= 4 is 15.7 Å². The number of halogens is 1. The molecule has 0 radical (unpaired) electrons. The third-order valence-electron chi connectivity index (χ3n) is 5.10. The number of methoxy groups -OCH3 is 2. The van der Waals surface area contributed by atoms with Crippen molar-refractivity contribution in [2.24, 2.45) is 5.10 Å². The maximum atomic E-state index is 13.5. The summed E-state index contributed by atoms with van der Waals surface area (Å²) in [6.07, 6.45) is 0.314. The van der Waals surface area contributed by atoms with Gasteiger partial charge in [0.2, 0.25) is 0 Å². The lowest BCUT2D eigenvalue weighted by Crippen LogP contribution is -2.27. The van der Waals surface area contributed by atoms with Crippen LogP contribution in [0, 0.1) is 5.82 Å². The molecule has 1 atom stereocenters. The Morgan fingerprint density at radius 2 is 1.55 bits per heavy atom. The van der Waals surface area contributed by atoms with E-state index >= 15 is 0 Å². The van der Waals surface area contributed by atoms with Crippen molar-refractivity contribution in [1.29, 1.82) is 0 Å².